The number of rotatable bonds is 4. The topological polar surface area (TPSA) is 110 Å². The van der Waals surface area contributed by atoms with E-state index >= 15 is 0 Å². The molecule has 2 atom stereocenters. The van der Waals surface area contributed by atoms with E-state index in [9.17, 15) is 18.7 Å². The van der Waals surface area contributed by atoms with Crippen molar-refractivity contribution in [3.63, 3.8) is 0 Å². The van der Waals surface area contributed by atoms with Crippen molar-refractivity contribution in [2.75, 3.05) is 0 Å². The molecule has 0 radical (unpaired) electrons. The van der Waals surface area contributed by atoms with Gasteiger partial charge in [-0.15, -0.1) is 0 Å². The summed E-state index contributed by atoms with van der Waals surface area (Å²) in [6.07, 6.45) is -1.23. The highest BCUT2D eigenvalue weighted by molar-refractivity contribution is 7.25. The largest absolute Gasteiger partial charge is 0.531 e. The molecule has 0 rings (SSSR count). The summed E-state index contributed by atoms with van der Waals surface area (Å²) in [5.74, 6) is -1.79. The fourth-order valence-electron chi connectivity index (χ4n) is 0.726. The summed E-state index contributed by atoms with van der Waals surface area (Å²) < 4.78 is 23.9. The Balaban J connectivity index is 4.48. The number of carbonyl (C=O) groups is 2. The zero-order chi connectivity index (χ0) is 11.3. The molecule has 2 N–H and O–H groups in total. The second-order valence-electron chi connectivity index (χ2n) is 2.55. The third-order valence-corrected chi connectivity index (χ3v) is 1.59. The van der Waals surface area contributed by atoms with E-state index in [0.29, 0.717) is 0 Å². The van der Waals surface area contributed by atoms with Gasteiger partial charge in [0, 0.05) is 6.92 Å². The van der Waals surface area contributed by atoms with Gasteiger partial charge in [0.1, 0.15) is 0 Å². The first-order chi connectivity index (χ1) is 6.34. The van der Waals surface area contributed by atoms with Crippen molar-refractivity contribution in [3.05, 3.63) is 0 Å². The Labute approximate surface area is 80.3 Å². The number of nitrogens with one attached hydrogen (secondary N) is 1. The molecule has 0 aliphatic heterocycles. The van der Waals surface area contributed by atoms with Crippen LogP contribution in [-0.2, 0) is 23.2 Å². The quantitative estimate of drug-likeness (QED) is 0.622. The summed E-state index contributed by atoms with van der Waals surface area (Å²) in [6, 6.07) is -1.37. The van der Waals surface area contributed by atoms with Crippen molar-refractivity contribution in [3.8, 4) is 0 Å². The molecule has 0 aliphatic carbocycles. The van der Waals surface area contributed by atoms with Crippen LogP contribution in [0.5, 0.6) is 0 Å². The third-order valence-electron chi connectivity index (χ3n) is 1.26. The summed E-state index contributed by atoms with van der Waals surface area (Å²) in [5, 5.41) is 11.1. The van der Waals surface area contributed by atoms with E-state index in [1.807, 2.05) is 0 Å². The third kappa shape index (κ3) is 4.74. The highest BCUT2D eigenvalue weighted by Crippen LogP contribution is 2.08. The standard InChI is InChI=1S/C6H10NO6P/c1-3(8)5(7-4(2)9)6(10)13-14(11)12/h3,5,8H,1-2H3,(H,7,9). The van der Waals surface area contributed by atoms with E-state index in [-0.39, 0.29) is 0 Å². The van der Waals surface area contributed by atoms with Gasteiger partial charge in [-0.3, -0.25) is 4.79 Å². The van der Waals surface area contributed by atoms with Gasteiger partial charge in [-0.2, -0.15) is 9.13 Å². The Morgan fingerprint density at radius 3 is 2.21 bits per heavy atom. The Kier molecular flexibility index (Phi) is 5.04. The minimum Gasteiger partial charge on any atom is -0.391 e. The molecule has 8 heteroatoms. The summed E-state index contributed by atoms with van der Waals surface area (Å²) >= 11 is 0. The molecule has 0 aromatic carbocycles. The summed E-state index contributed by atoms with van der Waals surface area (Å²) in [6.45, 7) is 2.35. The van der Waals surface area contributed by atoms with Crippen LogP contribution in [0.15, 0.2) is 0 Å². The maximum Gasteiger partial charge on any atom is 0.531 e. The van der Waals surface area contributed by atoms with E-state index in [0.717, 1.165) is 6.92 Å². The van der Waals surface area contributed by atoms with Crippen LogP contribution in [0.1, 0.15) is 13.8 Å². The molecule has 0 fully saturated rings. The first kappa shape index (κ1) is 12.8. The Morgan fingerprint density at radius 1 is 1.43 bits per heavy atom. The molecule has 7 nitrogen and oxygen atoms in total. The van der Waals surface area contributed by atoms with Crippen LogP contribution in [0.25, 0.3) is 0 Å². The van der Waals surface area contributed by atoms with E-state index in [1.54, 1.807) is 0 Å². The molecule has 80 valence electrons. The van der Waals surface area contributed by atoms with Crippen LogP contribution >= 0.6 is 7.91 Å². The molecule has 0 aliphatic rings. The number of hydrogen-bond acceptors (Lipinski definition) is 6. The lowest BCUT2D eigenvalue weighted by Gasteiger charge is -2.16. The predicted molar refractivity (Wildman–Crippen MR) is 43.7 cm³/mol. The fraction of sp³-hybridized carbons (Fsp3) is 0.667. The van der Waals surface area contributed by atoms with Gasteiger partial charge in [-0.1, -0.05) is 0 Å². The summed E-state index contributed by atoms with van der Waals surface area (Å²) in [7, 11) is -3.33. The maximum absolute atomic E-state index is 10.9. The molecule has 0 aromatic rings. The number of amides is 1. The van der Waals surface area contributed by atoms with Gasteiger partial charge >= 0.3 is 13.9 Å². The molecule has 14 heavy (non-hydrogen) atoms. The lowest BCUT2D eigenvalue weighted by Crippen LogP contribution is -2.47. The first-order valence-corrected chi connectivity index (χ1v) is 4.75. The van der Waals surface area contributed by atoms with Crippen molar-refractivity contribution in [2.45, 2.75) is 26.0 Å². The summed E-state index contributed by atoms with van der Waals surface area (Å²) in [5.41, 5.74) is 0. The molecule has 0 aromatic heterocycles. The van der Waals surface area contributed by atoms with Crippen molar-refractivity contribution < 1.29 is 28.3 Å². The van der Waals surface area contributed by atoms with Crippen molar-refractivity contribution in [1.82, 2.24) is 5.32 Å². The average molecular weight is 223 g/mol. The highest BCUT2D eigenvalue weighted by atomic mass is 31.1. The molecule has 0 saturated heterocycles. The van der Waals surface area contributed by atoms with E-state index in [4.69, 9.17) is 5.11 Å². The van der Waals surface area contributed by atoms with Gasteiger partial charge in [0.2, 0.25) is 5.91 Å². The van der Waals surface area contributed by atoms with Crippen LogP contribution in [-0.4, -0.2) is 29.1 Å². The van der Waals surface area contributed by atoms with Crippen LogP contribution in [0.4, 0.5) is 0 Å². The van der Waals surface area contributed by atoms with E-state index < -0.39 is 31.9 Å². The van der Waals surface area contributed by atoms with Crippen LogP contribution in [0.2, 0.25) is 0 Å². The monoisotopic (exact) mass is 223 g/mol. The van der Waals surface area contributed by atoms with Crippen LogP contribution < -0.4 is 5.32 Å². The van der Waals surface area contributed by atoms with Crippen molar-refractivity contribution >= 4 is 19.8 Å². The van der Waals surface area contributed by atoms with Gasteiger partial charge in [-0.05, 0) is 6.92 Å². The first-order valence-electron chi connectivity index (χ1n) is 3.66. The van der Waals surface area contributed by atoms with Crippen LogP contribution in [0.3, 0.4) is 0 Å². The Bertz CT molecular complexity index is 289. The molecular formula is C6H10NO6P. The molecular weight excluding hydrogens is 213 g/mol. The zero-order valence-corrected chi connectivity index (χ0v) is 8.48. The molecule has 0 spiro atoms. The molecule has 0 bridgehead atoms. The number of aliphatic hydroxyl groups excluding tert-OH is 1. The zero-order valence-electron chi connectivity index (χ0n) is 7.59. The minimum absolute atomic E-state index is 0.575. The van der Waals surface area contributed by atoms with Gasteiger partial charge in [-0.25, -0.2) is 4.79 Å². The normalized spacial score (nSPS) is 13.9. The molecule has 0 heterocycles. The second-order valence-corrected chi connectivity index (χ2v) is 3.18. The van der Waals surface area contributed by atoms with Crippen molar-refractivity contribution in [2.24, 2.45) is 0 Å². The van der Waals surface area contributed by atoms with Crippen LogP contribution in [0, 0.1) is 0 Å². The van der Waals surface area contributed by atoms with E-state index in [1.165, 1.54) is 6.92 Å². The second kappa shape index (κ2) is 5.51. The van der Waals surface area contributed by atoms with Gasteiger partial charge < -0.3 is 14.9 Å². The lowest BCUT2D eigenvalue weighted by atomic mass is 10.2. The Hall–Kier alpha value is -1.20. The predicted octanol–water partition coefficient (Wildman–Crippen LogP) is -0.497. The lowest BCUT2D eigenvalue weighted by molar-refractivity contribution is -0.141. The van der Waals surface area contributed by atoms with Gasteiger partial charge in [0.05, 0.1) is 6.10 Å². The number of aliphatic hydroxyl groups is 1. The van der Waals surface area contributed by atoms with Crippen molar-refractivity contribution in [1.29, 1.82) is 0 Å². The smallest absolute Gasteiger partial charge is 0.391 e. The number of hydrogen-bond donors (Lipinski definition) is 2. The summed E-state index contributed by atoms with van der Waals surface area (Å²) in [4.78, 5) is 21.5. The fourth-order valence-corrected chi connectivity index (χ4v) is 0.986. The maximum atomic E-state index is 10.9. The Morgan fingerprint density at radius 2 is 1.93 bits per heavy atom. The highest BCUT2D eigenvalue weighted by Gasteiger charge is 2.27. The van der Waals surface area contributed by atoms with Gasteiger partial charge in [0.25, 0.3) is 0 Å². The molecule has 1 amide bonds. The molecule has 0 saturated carbocycles. The number of carbonyl (C=O) groups excluding carboxylic acids is 2. The van der Waals surface area contributed by atoms with Gasteiger partial charge in [0.15, 0.2) is 6.04 Å². The SMILES string of the molecule is CC(=O)NC(C(=O)OP(=O)=O)C(C)O. The van der Waals surface area contributed by atoms with E-state index in [2.05, 4.69) is 9.84 Å². The average Bonchev–Trinajstić information content (AvgIpc) is 1.97. The minimum atomic E-state index is -3.33. The molecule has 2 unspecified atom stereocenters.